The van der Waals surface area contributed by atoms with Crippen LogP contribution < -0.4 is 0 Å². The minimum atomic E-state index is 0.779. The molecule has 0 unspecified atom stereocenters. The van der Waals surface area contributed by atoms with Crippen LogP contribution in [0.2, 0.25) is 0 Å². The summed E-state index contributed by atoms with van der Waals surface area (Å²) in [5.74, 6) is 0. The van der Waals surface area contributed by atoms with Crippen molar-refractivity contribution in [2.75, 3.05) is 0 Å². The largest absolute Gasteiger partial charge is 0.349 e. The lowest BCUT2D eigenvalue weighted by Gasteiger charge is -1.92. The topological polar surface area (TPSA) is 29.5 Å². The van der Waals surface area contributed by atoms with E-state index in [0.717, 1.165) is 6.42 Å². The summed E-state index contributed by atoms with van der Waals surface area (Å²) in [7, 11) is 0. The van der Waals surface area contributed by atoms with E-state index in [0.29, 0.717) is 0 Å². The Hall–Kier alpha value is -1.28. The molecule has 0 atom stereocenters. The second kappa shape index (κ2) is 4.52. The van der Waals surface area contributed by atoms with Gasteiger partial charge in [0.25, 0.3) is 0 Å². The van der Waals surface area contributed by atoms with Crippen molar-refractivity contribution >= 4 is 0 Å². The summed E-state index contributed by atoms with van der Waals surface area (Å²) in [4.78, 5) is 3.78. The molecule has 0 aliphatic heterocycles. The zero-order chi connectivity index (χ0) is 7.94. The molecule has 0 spiro atoms. The highest BCUT2D eigenvalue weighted by molar-refractivity contribution is 5.16. The fraction of sp³-hybridized carbons (Fsp3) is 0.111. The van der Waals surface area contributed by atoms with E-state index < -0.39 is 0 Å². The Morgan fingerprint density at radius 2 is 2.00 bits per heavy atom. The molecule has 0 bridgehead atoms. The summed E-state index contributed by atoms with van der Waals surface area (Å²) in [5.41, 5.74) is 1.20. The average Bonchev–Trinajstić information content (AvgIpc) is 2.07. The first-order chi connectivity index (χ1) is 5.43. The van der Waals surface area contributed by atoms with E-state index in [1.807, 2.05) is 30.3 Å². The number of hydrogen-bond donors (Lipinski definition) is 1. The lowest BCUT2D eigenvalue weighted by molar-refractivity contribution is -0.186. The number of benzene rings is 1. The highest BCUT2D eigenvalue weighted by Gasteiger charge is 1.84. The van der Waals surface area contributed by atoms with Crippen LogP contribution in [0.1, 0.15) is 5.56 Å². The predicted molar refractivity (Wildman–Crippen MR) is 43.0 cm³/mol. The van der Waals surface area contributed by atoms with Crippen LogP contribution in [0.5, 0.6) is 0 Å². The molecule has 0 saturated carbocycles. The predicted octanol–water partition coefficient (Wildman–Crippen LogP) is 2.23. The molecule has 1 aromatic rings. The van der Waals surface area contributed by atoms with Crippen LogP contribution in [0.3, 0.4) is 0 Å². The molecule has 58 valence electrons. The first kappa shape index (κ1) is 7.82. The fourth-order valence-corrected chi connectivity index (χ4v) is 0.841. The Balaban J connectivity index is 2.45. The van der Waals surface area contributed by atoms with E-state index in [1.54, 1.807) is 6.08 Å². The first-order valence-electron chi connectivity index (χ1n) is 3.42. The molecular weight excluding hydrogens is 140 g/mol. The maximum atomic E-state index is 7.96. The molecule has 0 heterocycles. The van der Waals surface area contributed by atoms with Crippen molar-refractivity contribution in [3.8, 4) is 0 Å². The highest BCUT2D eigenvalue weighted by atomic mass is 17.1. The van der Waals surface area contributed by atoms with E-state index in [1.165, 1.54) is 11.8 Å². The van der Waals surface area contributed by atoms with Crippen LogP contribution in [0.25, 0.3) is 0 Å². The molecule has 2 heteroatoms. The molecule has 0 amide bonds. The van der Waals surface area contributed by atoms with Crippen molar-refractivity contribution < 1.29 is 10.1 Å². The summed E-state index contributed by atoms with van der Waals surface area (Å²) < 4.78 is 0. The minimum Gasteiger partial charge on any atom is -0.349 e. The summed E-state index contributed by atoms with van der Waals surface area (Å²) in [6.45, 7) is 0. The summed E-state index contributed by atoms with van der Waals surface area (Å²) in [6, 6.07) is 9.95. The van der Waals surface area contributed by atoms with E-state index in [-0.39, 0.29) is 0 Å². The molecule has 0 saturated heterocycles. The standard InChI is InChI=1S/C9H10O2/c10-11-8-4-7-9-5-2-1-3-6-9/h1-6,8,10H,7H2. The molecule has 0 aliphatic carbocycles. The van der Waals surface area contributed by atoms with E-state index in [9.17, 15) is 0 Å². The highest BCUT2D eigenvalue weighted by Crippen LogP contribution is 1.99. The smallest absolute Gasteiger partial charge is 0.125 e. The van der Waals surface area contributed by atoms with Crippen LogP contribution in [0, 0.1) is 0 Å². The fourth-order valence-electron chi connectivity index (χ4n) is 0.841. The van der Waals surface area contributed by atoms with E-state index >= 15 is 0 Å². The quantitative estimate of drug-likeness (QED) is 0.406. The van der Waals surface area contributed by atoms with Gasteiger partial charge < -0.3 is 4.89 Å². The van der Waals surface area contributed by atoms with Gasteiger partial charge in [0.2, 0.25) is 0 Å². The number of allylic oxidation sites excluding steroid dienone is 1. The van der Waals surface area contributed by atoms with Crippen LogP contribution in [0.15, 0.2) is 42.7 Å². The molecule has 0 aliphatic rings. The van der Waals surface area contributed by atoms with Crippen molar-refractivity contribution in [2.45, 2.75) is 6.42 Å². The second-order valence-electron chi connectivity index (χ2n) is 2.17. The molecule has 2 nitrogen and oxygen atoms in total. The Kier molecular flexibility index (Phi) is 3.22. The van der Waals surface area contributed by atoms with Crippen LogP contribution in [0.4, 0.5) is 0 Å². The number of hydrogen-bond acceptors (Lipinski definition) is 2. The third-order valence-corrected chi connectivity index (χ3v) is 1.35. The summed E-state index contributed by atoms with van der Waals surface area (Å²) >= 11 is 0. The molecule has 1 N–H and O–H groups in total. The molecule has 0 radical (unpaired) electrons. The van der Waals surface area contributed by atoms with E-state index in [2.05, 4.69) is 4.89 Å². The molecule has 1 aromatic carbocycles. The first-order valence-corrected chi connectivity index (χ1v) is 3.42. The Bertz CT molecular complexity index is 216. The van der Waals surface area contributed by atoms with Crippen molar-refractivity contribution in [3.63, 3.8) is 0 Å². The lowest BCUT2D eigenvalue weighted by atomic mass is 10.2. The molecule has 0 aromatic heterocycles. The van der Waals surface area contributed by atoms with Crippen LogP contribution >= 0.6 is 0 Å². The van der Waals surface area contributed by atoms with Gasteiger partial charge in [0, 0.05) is 0 Å². The minimum absolute atomic E-state index is 0.779. The molecule has 1 rings (SSSR count). The molecular formula is C9H10O2. The SMILES string of the molecule is OOC=CCc1ccccc1. The third-order valence-electron chi connectivity index (χ3n) is 1.35. The van der Waals surface area contributed by atoms with Gasteiger partial charge in [-0.05, 0) is 18.1 Å². The van der Waals surface area contributed by atoms with Gasteiger partial charge in [-0.2, -0.15) is 0 Å². The van der Waals surface area contributed by atoms with Gasteiger partial charge in [0.05, 0.1) is 0 Å². The van der Waals surface area contributed by atoms with Gasteiger partial charge >= 0.3 is 0 Å². The maximum absolute atomic E-state index is 7.96. The van der Waals surface area contributed by atoms with Gasteiger partial charge in [0.1, 0.15) is 6.26 Å². The normalized spacial score (nSPS) is 10.3. The van der Waals surface area contributed by atoms with E-state index in [4.69, 9.17) is 5.26 Å². The van der Waals surface area contributed by atoms with Gasteiger partial charge in [-0.1, -0.05) is 30.3 Å². The van der Waals surface area contributed by atoms with Crippen LogP contribution in [-0.4, -0.2) is 5.26 Å². The van der Waals surface area contributed by atoms with Crippen molar-refractivity contribution in [1.29, 1.82) is 0 Å². The molecule has 11 heavy (non-hydrogen) atoms. The third kappa shape index (κ3) is 2.87. The Labute approximate surface area is 65.7 Å². The lowest BCUT2D eigenvalue weighted by Crippen LogP contribution is -1.78. The van der Waals surface area contributed by atoms with Gasteiger partial charge in [0.15, 0.2) is 0 Å². The zero-order valence-electron chi connectivity index (χ0n) is 6.10. The van der Waals surface area contributed by atoms with Gasteiger partial charge in [-0.3, -0.25) is 0 Å². The monoisotopic (exact) mass is 150 g/mol. The zero-order valence-corrected chi connectivity index (χ0v) is 6.10. The van der Waals surface area contributed by atoms with Gasteiger partial charge in [-0.15, -0.1) is 0 Å². The van der Waals surface area contributed by atoms with Crippen molar-refractivity contribution in [1.82, 2.24) is 0 Å². The molecule has 0 fully saturated rings. The van der Waals surface area contributed by atoms with Gasteiger partial charge in [-0.25, -0.2) is 5.26 Å². The Morgan fingerprint density at radius 1 is 1.27 bits per heavy atom. The number of rotatable bonds is 3. The van der Waals surface area contributed by atoms with Crippen molar-refractivity contribution in [3.05, 3.63) is 48.2 Å². The summed E-state index contributed by atoms with van der Waals surface area (Å²) in [6.07, 6.45) is 3.78. The average molecular weight is 150 g/mol. The summed E-state index contributed by atoms with van der Waals surface area (Å²) in [5, 5.41) is 7.96. The van der Waals surface area contributed by atoms with Crippen molar-refractivity contribution in [2.24, 2.45) is 0 Å². The second-order valence-corrected chi connectivity index (χ2v) is 2.17. The Morgan fingerprint density at radius 3 is 2.64 bits per heavy atom. The maximum Gasteiger partial charge on any atom is 0.125 e. The van der Waals surface area contributed by atoms with Crippen LogP contribution in [-0.2, 0) is 11.3 Å².